The maximum Gasteiger partial charge on any atom is 0.314 e. The summed E-state index contributed by atoms with van der Waals surface area (Å²) in [5, 5.41) is 1.57. The number of aromatic nitrogens is 1. The Morgan fingerprint density at radius 1 is 1.36 bits per heavy atom. The van der Waals surface area contributed by atoms with Crippen molar-refractivity contribution >= 4 is 39.9 Å². The predicted octanol–water partition coefficient (Wildman–Crippen LogP) is 2.85. The molecule has 1 unspecified atom stereocenters. The lowest BCUT2D eigenvalue weighted by Crippen LogP contribution is -2.32. The van der Waals surface area contributed by atoms with Crippen molar-refractivity contribution in [1.82, 2.24) is 9.47 Å². The fourth-order valence-corrected chi connectivity index (χ4v) is 3.68. The highest BCUT2D eigenvalue weighted by Crippen LogP contribution is 2.21. The summed E-state index contributed by atoms with van der Waals surface area (Å²) in [6, 6.07) is 7.69. The zero-order valence-electron chi connectivity index (χ0n) is 12.0. The molecule has 0 saturated carbocycles. The Hall–Kier alpha value is -1.21. The van der Waals surface area contributed by atoms with E-state index in [2.05, 4.69) is 0 Å². The summed E-state index contributed by atoms with van der Waals surface area (Å²) in [6.45, 7) is 1.65. The molecule has 118 valence electrons. The molecule has 1 aromatic heterocycles. The lowest BCUT2D eigenvalue weighted by atomic mass is 10.2. The molecule has 2 aromatic rings. The van der Waals surface area contributed by atoms with Crippen LogP contribution in [0, 0.1) is 0 Å². The summed E-state index contributed by atoms with van der Waals surface area (Å²) < 4.78 is 20.4. The normalized spacial score (nSPS) is 18.5. The predicted molar refractivity (Wildman–Crippen MR) is 89.2 cm³/mol. The van der Waals surface area contributed by atoms with Crippen LogP contribution in [0.1, 0.15) is 12.8 Å². The number of amides is 1. The molecule has 1 saturated heterocycles. The van der Waals surface area contributed by atoms with E-state index >= 15 is 0 Å². The number of hydrogen-bond acceptors (Lipinski definition) is 3. The van der Waals surface area contributed by atoms with Crippen molar-refractivity contribution in [2.45, 2.75) is 24.6 Å². The number of fused-ring (bicyclic) bond motifs is 1. The Labute approximate surface area is 136 Å². The van der Waals surface area contributed by atoms with Crippen LogP contribution in [0.2, 0.25) is 5.02 Å². The van der Waals surface area contributed by atoms with Gasteiger partial charge in [-0.3, -0.25) is 4.79 Å². The number of hydrogen-bond donors (Lipinski definition) is 2. The molecular weight excluding hydrogens is 324 g/mol. The molecule has 1 aliphatic rings. The van der Waals surface area contributed by atoms with Gasteiger partial charge in [-0.25, -0.2) is 0 Å². The summed E-state index contributed by atoms with van der Waals surface area (Å²) in [5.74, 6) is 0.0590. The minimum absolute atomic E-state index is 0.0590. The number of likely N-dealkylation sites (tertiary alicyclic amines) is 1. The molecule has 1 atom stereocenters. The first-order valence-corrected chi connectivity index (χ1v) is 8.76. The fraction of sp³-hybridized carbons (Fsp3) is 0.400. The fourth-order valence-electron chi connectivity index (χ4n) is 2.87. The monoisotopic (exact) mass is 341 g/mol. The molecule has 1 aliphatic heterocycles. The zero-order chi connectivity index (χ0) is 15.7. The molecule has 0 spiro atoms. The van der Waals surface area contributed by atoms with Gasteiger partial charge in [0.2, 0.25) is 11.2 Å². The quantitative estimate of drug-likeness (QED) is 0.840. The second-order valence-corrected chi connectivity index (χ2v) is 7.19. The number of nitrogens with zero attached hydrogens (tertiary/aromatic N) is 2. The molecule has 1 amide bonds. The average Bonchev–Trinajstić information content (AvgIpc) is 3.11. The molecule has 3 rings (SSSR count). The summed E-state index contributed by atoms with van der Waals surface area (Å²) in [4.78, 5) is 14.0. The van der Waals surface area contributed by atoms with Crippen molar-refractivity contribution in [2.75, 3.05) is 13.1 Å². The molecule has 2 N–H and O–H groups in total. The van der Waals surface area contributed by atoms with Gasteiger partial charge >= 0.3 is 11.5 Å². The van der Waals surface area contributed by atoms with Gasteiger partial charge in [0, 0.05) is 48.1 Å². The molecule has 0 bridgehead atoms. The van der Waals surface area contributed by atoms with Crippen LogP contribution in [0.3, 0.4) is 0 Å². The van der Waals surface area contributed by atoms with Crippen molar-refractivity contribution in [1.29, 1.82) is 0 Å². The van der Waals surface area contributed by atoms with E-state index in [1.807, 2.05) is 35.0 Å². The van der Waals surface area contributed by atoms with Crippen LogP contribution in [0.5, 0.6) is 0 Å². The molecule has 7 heteroatoms. The van der Waals surface area contributed by atoms with Gasteiger partial charge < -0.3 is 9.47 Å². The maximum atomic E-state index is 12.2. The standard InChI is InChI=1S/C15H18ClN2O3S/c16-12-1-2-14-11(9-12)3-6-17(14)8-5-15(19)18-7-4-13(10-18)22(20)21/h1-3,6,9,13,20-21H,4-5,7-8,10H2/q+1. The highest BCUT2D eigenvalue weighted by atomic mass is 35.5. The van der Waals surface area contributed by atoms with Crippen molar-refractivity contribution in [3.63, 3.8) is 0 Å². The molecule has 5 nitrogen and oxygen atoms in total. The van der Waals surface area contributed by atoms with Gasteiger partial charge in [-0.1, -0.05) is 11.6 Å². The minimum atomic E-state index is -1.59. The summed E-state index contributed by atoms with van der Waals surface area (Å²) in [5.41, 5.74) is 1.06. The number of carbonyl (C=O) groups is 1. The van der Waals surface area contributed by atoms with Crippen molar-refractivity contribution in [2.24, 2.45) is 0 Å². The Bertz CT molecular complexity index is 688. The van der Waals surface area contributed by atoms with Gasteiger partial charge in [0.15, 0.2) is 0 Å². The first-order valence-electron chi connectivity index (χ1n) is 7.18. The van der Waals surface area contributed by atoms with E-state index in [9.17, 15) is 13.9 Å². The summed E-state index contributed by atoms with van der Waals surface area (Å²) in [7, 11) is 0. The van der Waals surface area contributed by atoms with Gasteiger partial charge in [0.1, 0.15) is 0 Å². The van der Waals surface area contributed by atoms with Gasteiger partial charge in [0.25, 0.3) is 0 Å². The van der Waals surface area contributed by atoms with Crippen molar-refractivity contribution < 1.29 is 13.9 Å². The van der Waals surface area contributed by atoms with Gasteiger partial charge in [-0.05, 0) is 24.3 Å². The summed E-state index contributed by atoms with van der Waals surface area (Å²) in [6.07, 6.45) is 3.02. The Balaban J connectivity index is 1.61. The Morgan fingerprint density at radius 3 is 2.91 bits per heavy atom. The average molecular weight is 342 g/mol. The maximum absolute atomic E-state index is 12.2. The van der Waals surface area contributed by atoms with Gasteiger partial charge in [-0.15, -0.1) is 0 Å². The SMILES string of the molecule is O=C(CCn1ccc2cc(Cl)ccc21)N1CCC([S+](O)O)C1. The number of rotatable bonds is 4. The first kappa shape index (κ1) is 15.7. The van der Waals surface area contributed by atoms with Crippen LogP contribution in [-0.4, -0.2) is 42.8 Å². The van der Waals surface area contributed by atoms with E-state index in [0.29, 0.717) is 37.5 Å². The van der Waals surface area contributed by atoms with Crippen molar-refractivity contribution in [3.05, 3.63) is 35.5 Å². The van der Waals surface area contributed by atoms with E-state index in [4.69, 9.17) is 11.6 Å². The number of carbonyl (C=O) groups excluding carboxylic acids is 1. The molecule has 1 fully saturated rings. The van der Waals surface area contributed by atoms with Gasteiger partial charge in [0.05, 0.1) is 6.54 Å². The first-order chi connectivity index (χ1) is 10.5. The molecule has 1 aromatic carbocycles. The van der Waals surface area contributed by atoms with E-state index in [1.165, 1.54) is 0 Å². The number of halogens is 1. The Morgan fingerprint density at radius 2 is 2.18 bits per heavy atom. The lowest BCUT2D eigenvalue weighted by Gasteiger charge is -2.15. The van der Waals surface area contributed by atoms with E-state index < -0.39 is 11.5 Å². The van der Waals surface area contributed by atoms with Crippen LogP contribution < -0.4 is 0 Å². The topological polar surface area (TPSA) is 65.7 Å². The van der Waals surface area contributed by atoms with E-state index in [1.54, 1.807) is 4.90 Å². The molecular formula is C15H18ClN2O3S+. The smallest absolute Gasteiger partial charge is 0.314 e. The molecule has 0 radical (unpaired) electrons. The zero-order valence-corrected chi connectivity index (χ0v) is 13.6. The van der Waals surface area contributed by atoms with Gasteiger partial charge in [-0.2, -0.15) is 9.11 Å². The highest BCUT2D eigenvalue weighted by Gasteiger charge is 2.38. The molecule has 22 heavy (non-hydrogen) atoms. The largest absolute Gasteiger partial charge is 0.347 e. The third kappa shape index (κ3) is 3.25. The minimum Gasteiger partial charge on any atom is -0.347 e. The third-order valence-corrected chi connectivity index (χ3v) is 5.31. The van der Waals surface area contributed by atoms with E-state index in [-0.39, 0.29) is 11.2 Å². The van der Waals surface area contributed by atoms with Crippen LogP contribution >= 0.6 is 11.6 Å². The van der Waals surface area contributed by atoms with Crippen LogP contribution in [0.15, 0.2) is 30.5 Å². The van der Waals surface area contributed by atoms with Crippen molar-refractivity contribution in [3.8, 4) is 0 Å². The summed E-state index contributed by atoms with van der Waals surface area (Å²) >= 11 is 4.38. The van der Waals surface area contributed by atoms with Crippen LogP contribution in [-0.2, 0) is 22.8 Å². The lowest BCUT2D eigenvalue weighted by molar-refractivity contribution is -0.130. The second-order valence-electron chi connectivity index (χ2n) is 5.51. The van der Waals surface area contributed by atoms with Crippen LogP contribution in [0.4, 0.5) is 0 Å². The molecule has 2 heterocycles. The number of aryl methyl sites for hydroxylation is 1. The van der Waals surface area contributed by atoms with E-state index in [0.717, 1.165) is 10.9 Å². The number of benzene rings is 1. The Kier molecular flexibility index (Phi) is 4.63. The molecule has 0 aliphatic carbocycles. The highest BCUT2D eigenvalue weighted by molar-refractivity contribution is 7.86. The van der Waals surface area contributed by atoms with Crippen LogP contribution in [0.25, 0.3) is 10.9 Å². The third-order valence-electron chi connectivity index (χ3n) is 4.10. The second kappa shape index (κ2) is 6.50.